The number of nitrogens with zero attached hydrogens (tertiary/aromatic N) is 2. The van der Waals surface area contributed by atoms with Crippen LogP contribution in [0.4, 0.5) is 4.39 Å². The summed E-state index contributed by atoms with van der Waals surface area (Å²) in [5, 5.41) is 9.75. The molecule has 4 rings (SSSR count). The topological polar surface area (TPSA) is 60.9 Å². The van der Waals surface area contributed by atoms with E-state index in [1.807, 2.05) is 13.0 Å². The van der Waals surface area contributed by atoms with E-state index in [0.29, 0.717) is 25.2 Å². The first-order chi connectivity index (χ1) is 13.3. The first-order valence-corrected chi connectivity index (χ1v) is 9.46. The Morgan fingerprint density at radius 1 is 1.11 bits per heavy atom. The number of phenolic OH excluding ortho intramolecular Hbond substituents is 1. The molecule has 2 heterocycles. The first kappa shape index (κ1) is 18.5. The molecule has 1 N–H and O–H groups in total. The number of likely N-dealkylation sites (tertiary alicyclic amines) is 2. The van der Waals surface area contributed by atoms with Crippen LogP contribution in [0.5, 0.6) is 5.75 Å². The maximum atomic E-state index is 13.8. The number of carbonyl (C=O) groups excluding carboxylic acids is 2. The third-order valence-electron chi connectivity index (χ3n) is 6.00. The van der Waals surface area contributed by atoms with Gasteiger partial charge in [0.25, 0.3) is 5.91 Å². The Kier molecular flexibility index (Phi) is 4.57. The molecule has 0 bridgehead atoms. The Labute approximate surface area is 163 Å². The highest BCUT2D eigenvalue weighted by Crippen LogP contribution is 2.45. The van der Waals surface area contributed by atoms with Crippen molar-refractivity contribution in [2.45, 2.75) is 19.9 Å². The zero-order chi connectivity index (χ0) is 20.0. The summed E-state index contributed by atoms with van der Waals surface area (Å²) in [5.41, 5.74) is 2.07. The molecule has 2 aliphatic rings. The van der Waals surface area contributed by atoms with E-state index in [4.69, 9.17) is 0 Å². The molecule has 2 aromatic carbocycles. The third kappa shape index (κ3) is 3.13. The Balaban J connectivity index is 1.62. The molecule has 146 valence electrons. The van der Waals surface area contributed by atoms with E-state index in [2.05, 4.69) is 0 Å². The van der Waals surface area contributed by atoms with Gasteiger partial charge in [-0.3, -0.25) is 9.59 Å². The van der Waals surface area contributed by atoms with Gasteiger partial charge in [-0.25, -0.2) is 4.39 Å². The molecule has 0 unspecified atom stereocenters. The average Bonchev–Trinajstić information content (AvgIpc) is 3.21. The van der Waals surface area contributed by atoms with E-state index >= 15 is 0 Å². The lowest BCUT2D eigenvalue weighted by molar-refractivity contribution is -0.130. The lowest BCUT2D eigenvalue weighted by atomic mass is 9.89. The Hall–Kier alpha value is -2.89. The SMILES string of the molecule is CC(=O)N1C[C@H]2CN(C(=O)c3cc(O)ccc3C)C[C@H]2[C@@H]1c1cccc(F)c1. The van der Waals surface area contributed by atoms with Crippen molar-refractivity contribution in [3.05, 3.63) is 65.0 Å². The lowest BCUT2D eigenvalue weighted by Crippen LogP contribution is -2.36. The fourth-order valence-corrected chi connectivity index (χ4v) is 4.66. The van der Waals surface area contributed by atoms with Gasteiger partial charge in [-0.2, -0.15) is 0 Å². The van der Waals surface area contributed by atoms with Crippen molar-refractivity contribution >= 4 is 11.8 Å². The standard InChI is InChI=1S/C22H23FN2O3/c1-13-6-7-18(27)9-19(13)22(28)24-10-16-11-25(14(2)26)21(20(16)12-24)15-4-3-5-17(23)8-15/h3-9,16,20-21,27H,10-12H2,1-2H3/t16-,20-,21+/m1/s1. The largest absolute Gasteiger partial charge is 0.508 e. The number of rotatable bonds is 2. The van der Waals surface area contributed by atoms with Crippen LogP contribution in [0, 0.1) is 24.6 Å². The van der Waals surface area contributed by atoms with Crippen LogP contribution in [-0.2, 0) is 4.79 Å². The van der Waals surface area contributed by atoms with Crippen molar-refractivity contribution in [3.8, 4) is 5.75 Å². The van der Waals surface area contributed by atoms with E-state index in [-0.39, 0.29) is 41.3 Å². The smallest absolute Gasteiger partial charge is 0.254 e. The van der Waals surface area contributed by atoms with Crippen LogP contribution in [0.25, 0.3) is 0 Å². The second-order valence-electron chi connectivity index (χ2n) is 7.80. The van der Waals surface area contributed by atoms with Gasteiger partial charge in [0.2, 0.25) is 5.91 Å². The van der Waals surface area contributed by atoms with Gasteiger partial charge in [-0.1, -0.05) is 18.2 Å². The van der Waals surface area contributed by atoms with Crippen LogP contribution in [0.3, 0.4) is 0 Å². The number of halogens is 1. The van der Waals surface area contributed by atoms with Crippen molar-refractivity contribution in [2.75, 3.05) is 19.6 Å². The molecule has 2 aromatic rings. The van der Waals surface area contributed by atoms with Gasteiger partial charge in [0.1, 0.15) is 11.6 Å². The molecule has 28 heavy (non-hydrogen) atoms. The van der Waals surface area contributed by atoms with Crippen LogP contribution in [-0.4, -0.2) is 46.4 Å². The van der Waals surface area contributed by atoms with Crippen LogP contribution in [0.2, 0.25) is 0 Å². The van der Waals surface area contributed by atoms with E-state index in [1.54, 1.807) is 28.0 Å². The second-order valence-corrected chi connectivity index (χ2v) is 7.80. The maximum Gasteiger partial charge on any atom is 0.254 e. The normalized spacial score (nSPS) is 23.8. The molecular formula is C22H23FN2O3. The summed E-state index contributed by atoms with van der Waals surface area (Å²) >= 11 is 0. The highest BCUT2D eigenvalue weighted by molar-refractivity contribution is 5.96. The molecule has 5 nitrogen and oxygen atoms in total. The molecule has 0 aromatic heterocycles. The van der Waals surface area contributed by atoms with Crippen molar-refractivity contribution in [1.29, 1.82) is 0 Å². The van der Waals surface area contributed by atoms with E-state index < -0.39 is 0 Å². The van der Waals surface area contributed by atoms with Gasteiger partial charge in [0.15, 0.2) is 0 Å². The van der Waals surface area contributed by atoms with Crippen LogP contribution >= 0.6 is 0 Å². The van der Waals surface area contributed by atoms with Crippen molar-refractivity contribution in [3.63, 3.8) is 0 Å². The number of hydrogen-bond donors (Lipinski definition) is 1. The number of amides is 2. The third-order valence-corrected chi connectivity index (χ3v) is 6.00. The minimum absolute atomic E-state index is 0.0367. The summed E-state index contributed by atoms with van der Waals surface area (Å²) in [6, 6.07) is 10.9. The predicted molar refractivity (Wildman–Crippen MR) is 102 cm³/mol. The molecule has 0 aliphatic carbocycles. The maximum absolute atomic E-state index is 13.8. The minimum Gasteiger partial charge on any atom is -0.508 e. The molecule has 0 saturated carbocycles. The van der Waals surface area contributed by atoms with Gasteiger partial charge in [-0.05, 0) is 42.3 Å². The van der Waals surface area contributed by atoms with Crippen LogP contribution in [0.1, 0.15) is 34.5 Å². The number of aromatic hydroxyl groups is 1. The van der Waals surface area contributed by atoms with Gasteiger partial charge >= 0.3 is 0 Å². The summed E-state index contributed by atoms with van der Waals surface area (Å²) in [5.74, 6) is -0.203. The lowest BCUT2D eigenvalue weighted by Gasteiger charge is -2.29. The zero-order valence-electron chi connectivity index (χ0n) is 15.9. The van der Waals surface area contributed by atoms with Crippen molar-refractivity contribution in [1.82, 2.24) is 9.80 Å². The van der Waals surface area contributed by atoms with Crippen molar-refractivity contribution in [2.24, 2.45) is 11.8 Å². The summed E-state index contributed by atoms with van der Waals surface area (Å²) < 4.78 is 13.8. The number of aryl methyl sites for hydroxylation is 1. The minimum atomic E-state index is -0.328. The Morgan fingerprint density at radius 2 is 1.89 bits per heavy atom. The molecule has 0 spiro atoms. The second kappa shape index (κ2) is 6.93. The first-order valence-electron chi connectivity index (χ1n) is 9.46. The highest BCUT2D eigenvalue weighted by atomic mass is 19.1. The Morgan fingerprint density at radius 3 is 2.61 bits per heavy atom. The van der Waals surface area contributed by atoms with Gasteiger partial charge in [0, 0.05) is 44.0 Å². The van der Waals surface area contributed by atoms with E-state index in [9.17, 15) is 19.1 Å². The molecule has 2 aliphatic heterocycles. The van der Waals surface area contributed by atoms with Gasteiger partial charge in [0.05, 0.1) is 6.04 Å². The molecule has 2 fully saturated rings. The summed E-state index contributed by atoms with van der Waals surface area (Å²) in [7, 11) is 0. The fraction of sp³-hybridized carbons (Fsp3) is 0.364. The van der Waals surface area contributed by atoms with E-state index in [1.165, 1.54) is 25.1 Å². The van der Waals surface area contributed by atoms with E-state index in [0.717, 1.165) is 11.1 Å². The Bertz CT molecular complexity index is 945. The average molecular weight is 382 g/mol. The molecule has 6 heteroatoms. The monoisotopic (exact) mass is 382 g/mol. The highest BCUT2D eigenvalue weighted by Gasteiger charge is 2.49. The zero-order valence-corrected chi connectivity index (χ0v) is 15.9. The molecule has 0 radical (unpaired) electrons. The van der Waals surface area contributed by atoms with Crippen LogP contribution in [0.15, 0.2) is 42.5 Å². The summed E-state index contributed by atoms with van der Waals surface area (Å²) in [6.45, 7) is 4.99. The number of hydrogen-bond acceptors (Lipinski definition) is 3. The van der Waals surface area contributed by atoms with Gasteiger partial charge in [-0.15, -0.1) is 0 Å². The fourth-order valence-electron chi connectivity index (χ4n) is 4.66. The number of benzene rings is 2. The number of phenols is 1. The predicted octanol–water partition coefficient (Wildman–Crippen LogP) is 3.13. The quantitative estimate of drug-likeness (QED) is 0.868. The van der Waals surface area contributed by atoms with Crippen molar-refractivity contribution < 1.29 is 19.1 Å². The number of fused-ring (bicyclic) bond motifs is 1. The van der Waals surface area contributed by atoms with Gasteiger partial charge < -0.3 is 14.9 Å². The summed E-state index contributed by atoms with van der Waals surface area (Å²) in [4.78, 5) is 28.8. The molecule has 2 saturated heterocycles. The molecular weight excluding hydrogens is 359 g/mol. The molecule has 3 atom stereocenters. The summed E-state index contributed by atoms with van der Waals surface area (Å²) in [6.07, 6.45) is 0. The van der Waals surface area contributed by atoms with Crippen LogP contribution < -0.4 is 0 Å². The number of carbonyl (C=O) groups is 2. The molecule has 2 amide bonds.